The van der Waals surface area contributed by atoms with Gasteiger partial charge in [-0.1, -0.05) is 0 Å². The Hall–Kier alpha value is -2.63. The Morgan fingerprint density at radius 3 is 2.20 bits per heavy atom. The molecular formula is C13H11F4N3O4S. The average Bonchev–Trinajstić information content (AvgIpc) is 2.50. The lowest BCUT2D eigenvalue weighted by atomic mass is 10.3. The van der Waals surface area contributed by atoms with Crippen LogP contribution in [0.2, 0.25) is 0 Å². The number of nitrogens with zero attached hydrogens (tertiary/aromatic N) is 3. The van der Waals surface area contributed by atoms with Gasteiger partial charge in [0.1, 0.15) is 5.75 Å². The number of halogens is 4. The minimum absolute atomic E-state index is 0.136. The Morgan fingerprint density at radius 2 is 1.72 bits per heavy atom. The molecule has 0 saturated carbocycles. The zero-order valence-electron chi connectivity index (χ0n) is 12.8. The van der Waals surface area contributed by atoms with E-state index in [0.717, 1.165) is 31.3 Å². The number of aromatic nitrogens is 2. The third-order valence-corrected chi connectivity index (χ3v) is 4.71. The largest absolute Gasteiger partial charge is 0.573 e. The number of benzene rings is 1. The van der Waals surface area contributed by atoms with Gasteiger partial charge in [-0.3, -0.25) is 9.56 Å². The second-order valence-corrected chi connectivity index (χ2v) is 6.50. The molecule has 0 unspecified atom stereocenters. The maximum absolute atomic E-state index is 13.9. The third kappa shape index (κ3) is 3.73. The first-order valence-corrected chi connectivity index (χ1v) is 7.94. The first-order valence-electron chi connectivity index (χ1n) is 6.50. The van der Waals surface area contributed by atoms with Gasteiger partial charge in [-0.15, -0.1) is 13.2 Å². The molecule has 12 heteroatoms. The Morgan fingerprint density at radius 1 is 1.16 bits per heavy atom. The molecule has 0 amide bonds. The molecule has 25 heavy (non-hydrogen) atoms. The third-order valence-electron chi connectivity index (χ3n) is 3.06. The minimum atomic E-state index is -4.94. The molecule has 7 nitrogen and oxygen atoms in total. The Labute approximate surface area is 138 Å². The van der Waals surface area contributed by atoms with Crippen molar-refractivity contribution in [3.63, 3.8) is 0 Å². The first kappa shape index (κ1) is 18.7. The highest BCUT2D eigenvalue weighted by Crippen LogP contribution is 2.24. The van der Waals surface area contributed by atoms with Crippen LogP contribution in [-0.4, -0.2) is 30.4 Å². The van der Waals surface area contributed by atoms with Crippen molar-refractivity contribution in [1.82, 2.24) is 8.54 Å². The molecule has 0 radical (unpaired) electrons. The Balaban J connectivity index is 2.55. The Kier molecular flexibility index (Phi) is 4.75. The van der Waals surface area contributed by atoms with Crippen LogP contribution in [-0.2, 0) is 17.1 Å². The molecule has 0 aliphatic carbocycles. The summed E-state index contributed by atoms with van der Waals surface area (Å²) in [5, 5.41) is 0. The molecule has 0 saturated heterocycles. The smallest absolute Gasteiger partial charge is 0.406 e. The van der Waals surface area contributed by atoms with Crippen LogP contribution in [0.5, 0.6) is 5.75 Å². The molecule has 1 aromatic carbocycles. The van der Waals surface area contributed by atoms with Gasteiger partial charge < -0.3 is 4.74 Å². The van der Waals surface area contributed by atoms with Gasteiger partial charge in [-0.05, 0) is 24.3 Å². The van der Waals surface area contributed by atoms with Crippen molar-refractivity contribution in [3.8, 4) is 5.75 Å². The minimum Gasteiger partial charge on any atom is -0.406 e. The van der Waals surface area contributed by atoms with E-state index in [1.165, 1.54) is 7.05 Å². The molecule has 1 aromatic heterocycles. The van der Waals surface area contributed by atoms with Gasteiger partial charge in [-0.25, -0.2) is 17.6 Å². The maximum Gasteiger partial charge on any atom is 0.573 e. The normalized spacial score (nSPS) is 13.1. The molecule has 0 N–H and O–H groups in total. The first-order chi connectivity index (χ1) is 11.5. The molecule has 0 atom stereocenters. The monoisotopic (exact) mass is 381 g/mol. The van der Waals surface area contributed by atoms with Gasteiger partial charge in [0.2, 0.25) is 0 Å². The SMILES string of the molecule is CN=c1c(F)cn(S(=O)(=O)c2ccc(OC(F)(F)F)cc2)c(=O)n1C. The summed E-state index contributed by atoms with van der Waals surface area (Å²) in [6.07, 6.45) is -4.49. The average molecular weight is 381 g/mol. The van der Waals surface area contributed by atoms with Gasteiger partial charge in [0.15, 0.2) is 11.3 Å². The van der Waals surface area contributed by atoms with Crippen molar-refractivity contribution in [2.75, 3.05) is 7.05 Å². The molecule has 0 spiro atoms. The van der Waals surface area contributed by atoms with Crippen molar-refractivity contribution in [2.24, 2.45) is 12.0 Å². The van der Waals surface area contributed by atoms with E-state index in [-0.39, 0.29) is 9.46 Å². The van der Waals surface area contributed by atoms with Crippen molar-refractivity contribution >= 4 is 10.0 Å². The predicted octanol–water partition coefficient (Wildman–Crippen LogP) is 0.992. The number of ether oxygens (including phenoxy) is 1. The van der Waals surface area contributed by atoms with Crippen molar-refractivity contribution in [1.29, 1.82) is 0 Å². The van der Waals surface area contributed by atoms with Crippen molar-refractivity contribution in [2.45, 2.75) is 11.3 Å². The molecule has 0 bridgehead atoms. The summed E-state index contributed by atoms with van der Waals surface area (Å²) in [5.74, 6) is -1.71. The zero-order chi connectivity index (χ0) is 19.0. The molecule has 136 valence electrons. The number of hydrogen-bond acceptors (Lipinski definition) is 5. The second-order valence-electron chi connectivity index (χ2n) is 4.69. The van der Waals surface area contributed by atoms with Gasteiger partial charge >= 0.3 is 12.1 Å². The van der Waals surface area contributed by atoms with E-state index in [1.807, 2.05) is 0 Å². The maximum atomic E-state index is 13.9. The highest BCUT2D eigenvalue weighted by atomic mass is 32.2. The van der Waals surface area contributed by atoms with Gasteiger partial charge in [-0.2, -0.15) is 3.97 Å². The lowest BCUT2D eigenvalue weighted by molar-refractivity contribution is -0.274. The quantitative estimate of drug-likeness (QED) is 0.743. The summed E-state index contributed by atoms with van der Waals surface area (Å²) in [6.45, 7) is 0. The number of rotatable bonds is 3. The van der Waals surface area contributed by atoms with Crippen LogP contribution in [0, 0.1) is 5.82 Å². The molecule has 0 aliphatic rings. The van der Waals surface area contributed by atoms with E-state index in [4.69, 9.17) is 0 Å². The highest BCUT2D eigenvalue weighted by Gasteiger charge is 2.31. The fourth-order valence-corrected chi connectivity index (χ4v) is 3.24. The summed E-state index contributed by atoms with van der Waals surface area (Å²) >= 11 is 0. The van der Waals surface area contributed by atoms with E-state index in [2.05, 4.69) is 9.73 Å². The van der Waals surface area contributed by atoms with Crippen LogP contribution in [0.1, 0.15) is 0 Å². The van der Waals surface area contributed by atoms with E-state index in [9.17, 15) is 30.8 Å². The van der Waals surface area contributed by atoms with Crippen molar-refractivity contribution in [3.05, 3.63) is 52.3 Å². The van der Waals surface area contributed by atoms with Crippen LogP contribution in [0.4, 0.5) is 17.6 Å². The second kappa shape index (κ2) is 6.35. The van der Waals surface area contributed by atoms with Crippen LogP contribution in [0.3, 0.4) is 0 Å². The van der Waals surface area contributed by atoms with E-state index in [1.54, 1.807) is 0 Å². The van der Waals surface area contributed by atoms with Crippen LogP contribution in [0.25, 0.3) is 0 Å². The van der Waals surface area contributed by atoms with Gasteiger partial charge in [0, 0.05) is 14.1 Å². The van der Waals surface area contributed by atoms with Crippen LogP contribution in [0.15, 0.2) is 45.1 Å². The summed E-state index contributed by atoms with van der Waals surface area (Å²) < 4.78 is 79.6. The van der Waals surface area contributed by atoms with Crippen molar-refractivity contribution < 1.29 is 30.7 Å². The molecule has 2 aromatic rings. The van der Waals surface area contributed by atoms with Gasteiger partial charge in [0.05, 0.1) is 11.1 Å². The number of hydrogen-bond donors (Lipinski definition) is 0. The predicted molar refractivity (Wildman–Crippen MR) is 76.8 cm³/mol. The topological polar surface area (TPSA) is 82.7 Å². The molecule has 0 aliphatic heterocycles. The van der Waals surface area contributed by atoms with Crippen LogP contribution >= 0.6 is 0 Å². The van der Waals surface area contributed by atoms with Crippen LogP contribution < -0.4 is 15.9 Å². The zero-order valence-corrected chi connectivity index (χ0v) is 13.6. The molecule has 2 rings (SSSR count). The summed E-state index contributed by atoms with van der Waals surface area (Å²) in [4.78, 5) is 15.1. The highest BCUT2D eigenvalue weighted by molar-refractivity contribution is 7.90. The van der Waals surface area contributed by atoms with E-state index in [0.29, 0.717) is 10.8 Å². The summed E-state index contributed by atoms with van der Waals surface area (Å²) in [7, 11) is -2.19. The standard InChI is InChI=1S/C13H11F4N3O4S/c1-18-11-10(14)7-20(12(21)19(11)2)25(22,23)9-5-3-8(4-6-9)24-13(15,16)17/h3-7H,1-2H3. The molecular weight excluding hydrogens is 370 g/mol. The molecule has 0 fully saturated rings. The van der Waals surface area contributed by atoms with Gasteiger partial charge in [0.25, 0.3) is 10.0 Å². The lowest BCUT2D eigenvalue weighted by Crippen LogP contribution is -2.42. The summed E-state index contributed by atoms with van der Waals surface area (Å²) in [5.41, 5.74) is -1.46. The number of alkyl halides is 3. The fraction of sp³-hybridized carbons (Fsp3) is 0.231. The molecule has 1 heterocycles. The van der Waals surface area contributed by atoms with E-state index < -0.39 is 38.5 Å². The lowest BCUT2D eigenvalue weighted by Gasteiger charge is -2.11. The fourth-order valence-electron chi connectivity index (χ4n) is 1.97. The Bertz CT molecular complexity index is 1020. The summed E-state index contributed by atoms with van der Waals surface area (Å²) in [6, 6.07) is 3.13. The van der Waals surface area contributed by atoms with E-state index >= 15 is 0 Å².